The molecule has 2 aromatic rings. The number of Topliss-reactive ketones (excluding diaryl/α,β-unsaturated/α-hetero) is 2. The van der Waals surface area contributed by atoms with Gasteiger partial charge < -0.3 is 42.1 Å². The molecule has 12 nitrogen and oxygen atoms in total. The van der Waals surface area contributed by atoms with Gasteiger partial charge in [0.05, 0.1) is 11.6 Å². The first-order valence-electron chi connectivity index (χ1n) is 13.9. The predicted octanol–water partition coefficient (Wildman–Crippen LogP) is 1.06. The van der Waals surface area contributed by atoms with E-state index < -0.39 is 58.0 Å². The first-order valence-corrected chi connectivity index (χ1v) is 13.9. The van der Waals surface area contributed by atoms with E-state index in [1.807, 2.05) is 37.2 Å². The molecule has 0 spiro atoms. The Labute approximate surface area is 248 Å². The van der Waals surface area contributed by atoms with E-state index in [0.717, 1.165) is 5.56 Å². The number of anilines is 2. The van der Waals surface area contributed by atoms with E-state index in [-0.39, 0.29) is 36.3 Å². The summed E-state index contributed by atoms with van der Waals surface area (Å²) in [5.41, 5.74) is 10.8. The van der Waals surface area contributed by atoms with Gasteiger partial charge in [-0.3, -0.25) is 19.3 Å². The van der Waals surface area contributed by atoms with Crippen molar-refractivity contribution in [3.05, 3.63) is 75.3 Å². The Kier molecular flexibility index (Phi) is 7.49. The molecule has 12 heteroatoms. The van der Waals surface area contributed by atoms with Crippen LogP contribution in [0.1, 0.15) is 33.5 Å². The van der Waals surface area contributed by atoms with Crippen molar-refractivity contribution >= 4 is 28.8 Å². The standard InChI is InChI=1S/C31H37N5O7/c1-35(2)20-11-16(13-34-12-14-5-7-17(32)8-6-14)25(37)22-18(20)9-15-10-19-24(36(3)4)27(39)23(30(33)42)29(41)31(19,43)28(40)21(15)26(22)38/h5-8,11,15,19,24,34,37,39-40,43H,9-10,12-13,32H2,1-4H3,(H2,33,42)/t15-,19-,24?,31-/m0/s1. The van der Waals surface area contributed by atoms with Gasteiger partial charge in [0.25, 0.3) is 5.91 Å². The molecule has 1 unspecified atom stereocenters. The minimum atomic E-state index is -2.68. The van der Waals surface area contributed by atoms with Crippen LogP contribution in [0.15, 0.2) is 53.0 Å². The number of aliphatic hydroxyl groups is 3. The van der Waals surface area contributed by atoms with Crippen LogP contribution in [0.25, 0.3) is 0 Å². The number of likely N-dealkylation sites (N-methyl/N-ethyl adjacent to an activating group) is 1. The number of phenolic OH excluding ortho intramolecular Hbond substituents is 1. The summed E-state index contributed by atoms with van der Waals surface area (Å²) in [6.45, 7) is 0.690. The van der Waals surface area contributed by atoms with Crippen molar-refractivity contribution in [3.63, 3.8) is 0 Å². The number of aromatic hydroxyl groups is 1. The molecule has 0 radical (unpaired) electrons. The third-order valence-electron chi connectivity index (χ3n) is 8.88. The minimum absolute atomic E-state index is 0.0173. The van der Waals surface area contributed by atoms with Crippen LogP contribution in [0, 0.1) is 11.8 Å². The van der Waals surface area contributed by atoms with Crippen molar-refractivity contribution in [2.75, 3.05) is 38.8 Å². The van der Waals surface area contributed by atoms with Crippen LogP contribution in [0.4, 0.5) is 11.4 Å². The van der Waals surface area contributed by atoms with Gasteiger partial charge >= 0.3 is 0 Å². The number of carbonyl (C=O) groups excluding carboxylic acids is 3. The number of allylic oxidation sites excluding steroid dienone is 1. The highest BCUT2D eigenvalue weighted by Crippen LogP contribution is 2.53. The number of hydrogen-bond acceptors (Lipinski definition) is 11. The van der Waals surface area contributed by atoms with Crippen LogP contribution in [-0.4, -0.2) is 82.6 Å². The lowest BCUT2D eigenvalue weighted by Crippen LogP contribution is -2.63. The Morgan fingerprint density at radius 1 is 1.07 bits per heavy atom. The van der Waals surface area contributed by atoms with E-state index in [9.17, 15) is 34.8 Å². The molecule has 1 amide bonds. The molecule has 5 rings (SSSR count). The lowest BCUT2D eigenvalue weighted by Gasteiger charge is -2.50. The van der Waals surface area contributed by atoms with E-state index in [0.29, 0.717) is 29.0 Å². The fourth-order valence-corrected chi connectivity index (χ4v) is 6.86. The number of nitrogens with one attached hydrogen (secondary N) is 1. The van der Waals surface area contributed by atoms with Gasteiger partial charge in [0.15, 0.2) is 11.4 Å². The molecule has 0 aliphatic heterocycles. The number of ketones is 2. The Morgan fingerprint density at radius 3 is 2.30 bits per heavy atom. The van der Waals surface area contributed by atoms with E-state index in [1.54, 1.807) is 26.2 Å². The molecule has 9 N–H and O–H groups in total. The largest absolute Gasteiger partial charge is 0.510 e. The summed E-state index contributed by atoms with van der Waals surface area (Å²) < 4.78 is 0. The summed E-state index contributed by atoms with van der Waals surface area (Å²) in [5, 5.41) is 48.9. The lowest BCUT2D eigenvalue weighted by atomic mass is 9.58. The van der Waals surface area contributed by atoms with Crippen LogP contribution < -0.4 is 21.7 Å². The second-order valence-corrected chi connectivity index (χ2v) is 12.0. The van der Waals surface area contributed by atoms with E-state index in [2.05, 4.69) is 5.32 Å². The normalized spacial score (nSPS) is 25.0. The van der Waals surface area contributed by atoms with Gasteiger partial charge in [-0.1, -0.05) is 12.1 Å². The molecule has 4 atom stereocenters. The second kappa shape index (κ2) is 10.7. The Morgan fingerprint density at radius 2 is 1.72 bits per heavy atom. The number of nitrogens with two attached hydrogens (primary N) is 2. The van der Waals surface area contributed by atoms with Crippen molar-refractivity contribution in [1.82, 2.24) is 10.2 Å². The maximum Gasteiger partial charge on any atom is 0.255 e. The zero-order valence-corrected chi connectivity index (χ0v) is 24.5. The van der Waals surface area contributed by atoms with Crippen LogP contribution in [0.5, 0.6) is 5.75 Å². The number of rotatable bonds is 7. The number of primary amides is 1. The lowest BCUT2D eigenvalue weighted by molar-refractivity contribution is -0.148. The van der Waals surface area contributed by atoms with Gasteiger partial charge in [0.1, 0.15) is 22.8 Å². The highest BCUT2D eigenvalue weighted by atomic mass is 16.3. The van der Waals surface area contributed by atoms with Gasteiger partial charge in [-0.25, -0.2) is 0 Å². The number of amides is 1. The molecule has 0 fully saturated rings. The summed E-state index contributed by atoms with van der Waals surface area (Å²) in [4.78, 5) is 43.2. The van der Waals surface area contributed by atoms with Crippen molar-refractivity contribution in [2.24, 2.45) is 17.6 Å². The van der Waals surface area contributed by atoms with Crippen LogP contribution in [-0.2, 0) is 29.1 Å². The number of fused-ring (bicyclic) bond motifs is 3. The van der Waals surface area contributed by atoms with Gasteiger partial charge in [-0.05, 0) is 62.2 Å². The van der Waals surface area contributed by atoms with Crippen molar-refractivity contribution in [1.29, 1.82) is 0 Å². The third-order valence-corrected chi connectivity index (χ3v) is 8.88. The maximum absolute atomic E-state index is 14.1. The molecule has 0 saturated carbocycles. The summed E-state index contributed by atoms with van der Waals surface area (Å²) in [6, 6.07) is 8.11. The molecule has 0 heterocycles. The molecule has 0 bridgehead atoms. The number of hydrogen-bond donors (Lipinski definition) is 7. The van der Waals surface area contributed by atoms with Crippen molar-refractivity contribution in [3.8, 4) is 5.75 Å². The zero-order chi connectivity index (χ0) is 31.5. The summed E-state index contributed by atoms with van der Waals surface area (Å²) in [5.74, 6) is -6.70. The van der Waals surface area contributed by atoms with E-state index >= 15 is 0 Å². The molecule has 3 aliphatic carbocycles. The predicted molar refractivity (Wildman–Crippen MR) is 159 cm³/mol. The maximum atomic E-state index is 14.1. The molecular formula is C31H37N5O7. The second-order valence-electron chi connectivity index (χ2n) is 12.0. The monoisotopic (exact) mass is 591 g/mol. The topological polar surface area (TPSA) is 203 Å². The van der Waals surface area contributed by atoms with Crippen molar-refractivity contribution in [2.45, 2.75) is 37.6 Å². The number of carbonyl (C=O) groups is 3. The fourth-order valence-electron chi connectivity index (χ4n) is 6.86. The fraction of sp³-hybridized carbons (Fsp3) is 0.387. The average molecular weight is 592 g/mol. The first-order chi connectivity index (χ1) is 20.2. The smallest absolute Gasteiger partial charge is 0.255 e. The minimum Gasteiger partial charge on any atom is -0.510 e. The average Bonchev–Trinajstić information content (AvgIpc) is 2.92. The summed E-state index contributed by atoms with van der Waals surface area (Å²) in [6.07, 6.45) is 0.249. The zero-order valence-electron chi connectivity index (χ0n) is 24.5. The third kappa shape index (κ3) is 4.62. The molecule has 228 valence electrons. The van der Waals surface area contributed by atoms with Gasteiger partial charge in [0.2, 0.25) is 5.78 Å². The first kappa shape index (κ1) is 30.1. The number of benzene rings is 2. The van der Waals surface area contributed by atoms with Gasteiger partial charge in [0, 0.05) is 55.6 Å². The SMILES string of the molecule is CN(C)c1cc(CNCc2ccc(N)cc2)c(O)c2c1C[C@H]1C[C@H]3C(N(C)C)C(O)=C(C(N)=O)C(=O)[C@@]3(O)C(O)=C1C2=O. The number of nitrogen functional groups attached to an aromatic ring is 1. The van der Waals surface area contributed by atoms with E-state index in [1.165, 1.54) is 4.90 Å². The Bertz CT molecular complexity index is 1590. The highest BCUT2D eigenvalue weighted by Gasteiger charge is 2.63. The van der Waals surface area contributed by atoms with Crippen molar-refractivity contribution < 1.29 is 34.8 Å². The van der Waals surface area contributed by atoms with E-state index in [4.69, 9.17) is 11.5 Å². The number of nitrogens with zero attached hydrogens (tertiary/aromatic N) is 2. The number of phenols is 1. The summed E-state index contributed by atoms with van der Waals surface area (Å²) >= 11 is 0. The van der Waals surface area contributed by atoms with Crippen LogP contribution >= 0.6 is 0 Å². The van der Waals surface area contributed by atoms with Gasteiger partial charge in [-0.2, -0.15) is 0 Å². The molecular weight excluding hydrogens is 554 g/mol. The van der Waals surface area contributed by atoms with Gasteiger partial charge in [-0.15, -0.1) is 0 Å². The van der Waals surface area contributed by atoms with Crippen LogP contribution in [0.2, 0.25) is 0 Å². The Balaban J connectivity index is 1.59. The van der Waals surface area contributed by atoms with Crippen LogP contribution in [0.3, 0.4) is 0 Å². The summed E-state index contributed by atoms with van der Waals surface area (Å²) in [7, 11) is 6.83. The molecule has 3 aliphatic rings. The molecule has 0 saturated heterocycles. The molecule has 2 aromatic carbocycles. The molecule has 43 heavy (non-hydrogen) atoms. The molecule has 0 aromatic heterocycles. The highest BCUT2D eigenvalue weighted by molar-refractivity contribution is 6.25. The quantitative estimate of drug-likeness (QED) is 0.179. The Hall–Kier alpha value is -4.39. The number of aliphatic hydroxyl groups excluding tert-OH is 2.